The molecule has 0 unspecified atom stereocenters. The van der Waals surface area contributed by atoms with Gasteiger partial charge in [-0.05, 0) is 43.2 Å². The Labute approximate surface area is 154 Å². The Morgan fingerprint density at radius 2 is 1.96 bits per heavy atom. The summed E-state index contributed by atoms with van der Waals surface area (Å²) in [6.45, 7) is 7.77. The van der Waals surface area contributed by atoms with Crippen molar-refractivity contribution in [1.82, 2.24) is 5.32 Å². The minimum Gasteiger partial charge on any atom is -0.481 e. The average Bonchev–Trinajstić information content (AvgIpc) is 2.64. The molecule has 2 amide bonds. The second-order valence-electron chi connectivity index (χ2n) is 5.86. The number of hydrogen-bond donors (Lipinski definition) is 2. The van der Waals surface area contributed by atoms with E-state index in [9.17, 15) is 9.59 Å². The Morgan fingerprint density at radius 3 is 2.65 bits per heavy atom. The molecule has 2 N–H and O–H groups in total. The van der Waals surface area contributed by atoms with Crippen LogP contribution in [0.5, 0.6) is 5.75 Å². The third-order valence-electron chi connectivity index (χ3n) is 3.77. The molecular weight excluding hydrogens is 328 g/mol. The molecule has 2 aromatic carbocycles. The molecule has 0 aliphatic heterocycles. The maximum absolute atomic E-state index is 12.6. The van der Waals surface area contributed by atoms with E-state index in [4.69, 9.17) is 4.74 Å². The highest BCUT2D eigenvalue weighted by molar-refractivity contribution is 6.04. The van der Waals surface area contributed by atoms with Crippen LogP contribution >= 0.6 is 0 Å². The van der Waals surface area contributed by atoms with Crippen LogP contribution in [-0.4, -0.2) is 24.5 Å². The Kier molecular flexibility index (Phi) is 6.97. The lowest BCUT2D eigenvalue weighted by atomic mass is 10.1. The van der Waals surface area contributed by atoms with Crippen LogP contribution < -0.4 is 15.4 Å². The number of carbonyl (C=O) groups excluding carboxylic acids is 2. The maximum atomic E-state index is 12.6. The Bertz CT molecular complexity index is 786. The zero-order chi connectivity index (χ0) is 18.9. The molecule has 2 aromatic rings. The van der Waals surface area contributed by atoms with Crippen molar-refractivity contribution in [3.8, 4) is 5.75 Å². The van der Waals surface area contributed by atoms with E-state index in [1.54, 1.807) is 30.3 Å². The van der Waals surface area contributed by atoms with E-state index in [0.717, 1.165) is 5.56 Å². The molecule has 0 saturated heterocycles. The predicted molar refractivity (Wildman–Crippen MR) is 103 cm³/mol. The summed E-state index contributed by atoms with van der Waals surface area (Å²) in [6, 6.07) is 14.4. The highest BCUT2D eigenvalue weighted by Gasteiger charge is 2.21. The average molecular weight is 352 g/mol. The molecule has 136 valence electrons. The number of carbonyl (C=O) groups is 2. The van der Waals surface area contributed by atoms with Gasteiger partial charge in [-0.1, -0.05) is 37.3 Å². The van der Waals surface area contributed by atoms with Crippen molar-refractivity contribution >= 4 is 17.5 Å². The monoisotopic (exact) mass is 352 g/mol. The summed E-state index contributed by atoms with van der Waals surface area (Å²) >= 11 is 0. The van der Waals surface area contributed by atoms with Crippen LogP contribution in [0.4, 0.5) is 5.69 Å². The second-order valence-corrected chi connectivity index (χ2v) is 5.86. The number of nitrogens with one attached hydrogen (secondary N) is 2. The van der Waals surface area contributed by atoms with Crippen LogP contribution in [0.1, 0.15) is 29.3 Å². The van der Waals surface area contributed by atoms with Crippen LogP contribution in [-0.2, 0) is 4.79 Å². The van der Waals surface area contributed by atoms with Gasteiger partial charge in [-0.3, -0.25) is 9.59 Å². The van der Waals surface area contributed by atoms with E-state index in [0.29, 0.717) is 30.0 Å². The summed E-state index contributed by atoms with van der Waals surface area (Å²) < 4.78 is 5.82. The molecule has 2 rings (SSSR count). The molecule has 0 aromatic heterocycles. The van der Waals surface area contributed by atoms with Crippen molar-refractivity contribution < 1.29 is 14.3 Å². The van der Waals surface area contributed by atoms with Crippen LogP contribution in [0.2, 0.25) is 0 Å². The zero-order valence-corrected chi connectivity index (χ0v) is 15.1. The summed E-state index contributed by atoms with van der Waals surface area (Å²) in [5, 5.41) is 5.52. The summed E-state index contributed by atoms with van der Waals surface area (Å²) in [4.78, 5) is 24.9. The second kappa shape index (κ2) is 9.42. The van der Waals surface area contributed by atoms with Crippen molar-refractivity contribution in [3.05, 3.63) is 72.3 Å². The molecule has 5 nitrogen and oxygen atoms in total. The minimum atomic E-state index is -0.652. The molecule has 0 spiro atoms. The minimum absolute atomic E-state index is 0.270. The number of aryl methyl sites for hydroxylation is 1. The van der Waals surface area contributed by atoms with Crippen LogP contribution in [0, 0.1) is 6.92 Å². The number of anilines is 1. The third kappa shape index (κ3) is 5.21. The van der Waals surface area contributed by atoms with Gasteiger partial charge < -0.3 is 15.4 Å². The summed E-state index contributed by atoms with van der Waals surface area (Å²) in [5.41, 5.74) is 1.90. The highest BCUT2D eigenvalue weighted by Crippen LogP contribution is 2.19. The number of benzene rings is 2. The molecule has 1 atom stereocenters. The Morgan fingerprint density at radius 1 is 1.19 bits per heavy atom. The van der Waals surface area contributed by atoms with Crippen molar-refractivity contribution in [2.45, 2.75) is 26.4 Å². The molecule has 0 aliphatic carbocycles. The fourth-order valence-corrected chi connectivity index (χ4v) is 2.44. The van der Waals surface area contributed by atoms with Gasteiger partial charge in [0.25, 0.3) is 11.8 Å². The van der Waals surface area contributed by atoms with E-state index in [-0.39, 0.29) is 11.8 Å². The van der Waals surface area contributed by atoms with E-state index >= 15 is 0 Å². The summed E-state index contributed by atoms with van der Waals surface area (Å²) in [7, 11) is 0. The zero-order valence-electron chi connectivity index (χ0n) is 15.1. The van der Waals surface area contributed by atoms with Gasteiger partial charge >= 0.3 is 0 Å². The van der Waals surface area contributed by atoms with E-state index in [2.05, 4.69) is 17.2 Å². The Hall–Kier alpha value is -3.08. The van der Waals surface area contributed by atoms with Crippen LogP contribution in [0.25, 0.3) is 0 Å². The first-order valence-corrected chi connectivity index (χ1v) is 8.57. The lowest BCUT2D eigenvalue weighted by molar-refractivity contribution is -0.122. The largest absolute Gasteiger partial charge is 0.481 e. The SMILES string of the molecule is C=CCNC(=O)c1ccccc1NC(=O)[C@@H](CC)Oc1cccc(C)c1. The van der Waals surface area contributed by atoms with E-state index < -0.39 is 6.10 Å². The highest BCUT2D eigenvalue weighted by atomic mass is 16.5. The predicted octanol–water partition coefficient (Wildman–Crippen LogP) is 3.71. The van der Waals surface area contributed by atoms with Crippen LogP contribution in [0.3, 0.4) is 0 Å². The molecule has 0 radical (unpaired) electrons. The standard InChI is InChI=1S/C21H24N2O3/c1-4-13-22-20(24)17-11-6-7-12-18(17)23-21(25)19(5-2)26-16-10-8-9-15(3)14-16/h4,6-12,14,19H,1,5,13H2,2-3H3,(H,22,24)(H,23,25)/t19-/m1/s1. The number of rotatable bonds is 8. The topological polar surface area (TPSA) is 67.4 Å². The smallest absolute Gasteiger partial charge is 0.265 e. The normalized spacial score (nSPS) is 11.3. The molecule has 0 saturated carbocycles. The van der Waals surface area contributed by atoms with Crippen molar-refractivity contribution in [2.75, 3.05) is 11.9 Å². The molecule has 26 heavy (non-hydrogen) atoms. The van der Waals surface area contributed by atoms with Gasteiger partial charge in [-0.2, -0.15) is 0 Å². The van der Waals surface area contributed by atoms with Gasteiger partial charge in [0.05, 0.1) is 11.3 Å². The molecule has 5 heteroatoms. The summed E-state index contributed by atoms with van der Waals surface area (Å²) in [6.07, 6.45) is 1.45. The molecule has 0 bridgehead atoms. The third-order valence-corrected chi connectivity index (χ3v) is 3.77. The van der Waals surface area contributed by atoms with Gasteiger partial charge in [0.15, 0.2) is 6.10 Å². The van der Waals surface area contributed by atoms with E-state index in [1.165, 1.54) is 0 Å². The van der Waals surface area contributed by atoms with Crippen LogP contribution in [0.15, 0.2) is 61.2 Å². The number of hydrogen-bond acceptors (Lipinski definition) is 3. The maximum Gasteiger partial charge on any atom is 0.265 e. The first kappa shape index (κ1) is 19.2. The Balaban J connectivity index is 2.12. The lowest BCUT2D eigenvalue weighted by Gasteiger charge is -2.18. The number of ether oxygens (including phenoxy) is 1. The van der Waals surface area contributed by atoms with Gasteiger partial charge in [0.1, 0.15) is 5.75 Å². The van der Waals surface area contributed by atoms with Gasteiger partial charge in [-0.15, -0.1) is 6.58 Å². The van der Waals surface area contributed by atoms with E-state index in [1.807, 2.05) is 38.1 Å². The molecule has 0 heterocycles. The van der Waals surface area contributed by atoms with Crippen molar-refractivity contribution in [2.24, 2.45) is 0 Å². The summed E-state index contributed by atoms with van der Waals surface area (Å²) in [5.74, 6) is 0.0791. The lowest BCUT2D eigenvalue weighted by Crippen LogP contribution is -2.33. The molecule has 0 aliphatic rings. The van der Waals surface area contributed by atoms with Gasteiger partial charge in [0, 0.05) is 6.54 Å². The fourth-order valence-electron chi connectivity index (χ4n) is 2.44. The number of amides is 2. The van der Waals surface area contributed by atoms with Crippen molar-refractivity contribution in [1.29, 1.82) is 0 Å². The first-order chi connectivity index (χ1) is 12.5. The number of para-hydroxylation sites is 1. The molecular formula is C21H24N2O3. The van der Waals surface area contributed by atoms with Gasteiger partial charge in [0.2, 0.25) is 0 Å². The fraction of sp³-hybridized carbons (Fsp3) is 0.238. The van der Waals surface area contributed by atoms with Crippen molar-refractivity contribution in [3.63, 3.8) is 0 Å². The van der Waals surface area contributed by atoms with Gasteiger partial charge in [-0.25, -0.2) is 0 Å². The molecule has 0 fully saturated rings. The first-order valence-electron chi connectivity index (χ1n) is 8.57. The quantitative estimate of drug-likeness (QED) is 0.712.